The fraction of sp³-hybridized carbons (Fsp3) is 0.462. The summed E-state index contributed by atoms with van der Waals surface area (Å²) in [6.45, 7) is 6.24. The standard InChI is InChI=1S/C26H34N4O4S2/c1-18-7-6-14-29(17-18)36(32,33)21-11-9-20(10-12-21)25(31)30(16-15-28(3)4)26-27-23-22(34-5)13-8-19(2)24(23)35-26/h8-13,18H,6-7,14-17H2,1-5H3. The predicted molar refractivity (Wildman–Crippen MR) is 145 cm³/mol. The molecule has 0 N–H and O–H groups in total. The zero-order chi connectivity index (χ0) is 26.0. The second-order valence-electron chi connectivity index (χ2n) is 9.65. The summed E-state index contributed by atoms with van der Waals surface area (Å²) in [5.41, 5.74) is 2.22. The number of nitrogens with zero attached hydrogens (tertiary/aromatic N) is 4. The Morgan fingerprint density at radius 3 is 2.53 bits per heavy atom. The number of hydrogen-bond donors (Lipinski definition) is 0. The van der Waals surface area contributed by atoms with Crippen LogP contribution in [0.15, 0.2) is 41.3 Å². The zero-order valence-electron chi connectivity index (χ0n) is 21.5. The fourth-order valence-electron chi connectivity index (χ4n) is 4.40. The highest BCUT2D eigenvalue weighted by Gasteiger charge is 2.29. The zero-order valence-corrected chi connectivity index (χ0v) is 23.2. The first kappa shape index (κ1) is 26.5. The van der Waals surface area contributed by atoms with Crippen LogP contribution in [0.5, 0.6) is 5.75 Å². The molecule has 194 valence electrons. The van der Waals surface area contributed by atoms with E-state index < -0.39 is 10.0 Å². The van der Waals surface area contributed by atoms with E-state index in [2.05, 4.69) is 6.92 Å². The number of anilines is 1. The van der Waals surface area contributed by atoms with Crippen LogP contribution in [0.1, 0.15) is 35.7 Å². The Bertz CT molecular complexity index is 1340. The van der Waals surface area contributed by atoms with Crippen molar-refractivity contribution in [2.45, 2.75) is 31.6 Å². The van der Waals surface area contributed by atoms with Crippen molar-refractivity contribution in [1.82, 2.24) is 14.2 Å². The molecule has 10 heteroatoms. The summed E-state index contributed by atoms with van der Waals surface area (Å²) in [6.07, 6.45) is 1.91. The number of sulfonamides is 1. The van der Waals surface area contributed by atoms with Gasteiger partial charge in [0.15, 0.2) is 5.13 Å². The summed E-state index contributed by atoms with van der Waals surface area (Å²) >= 11 is 1.46. The number of ether oxygens (including phenoxy) is 1. The highest BCUT2D eigenvalue weighted by Crippen LogP contribution is 2.37. The van der Waals surface area contributed by atoms with Crippen molar-refractivity contribution >= 4 is 42.6 Å². The first-order valence-electron chi connectivity index (χ1n) is 12.1. The third kappa shape index (κ3) is 5.41. The lowest BCUT2D eigenvalue weighted by Crippen LogP contribution is -2.39. The molecular weight excluding hydrogens is 496 g/mol. The minimum absolute atomic E-state index is 0.216. The topological polar surface area (TPSA) is 83.0 Å². The number of amides is 1. The molecule has 8 nitrogen and oxygen atoms in total. The number of hydrogen-bond acceptors (Lipinski definition) is 7. The lowest BCUT2D eigenvalue weighted by molar-refractivity contribution is 0.0985. The molecule has 1 aliphatic rings. The molecule has 1 fully saturated rings. The Kier molecular flexibility index (Phi) is 7.99. The number of piperidine rings is 1. The van der Waals surface area contributed by atoms with E-state index in [1.165, 1.54) is 23.5 Å². The molecular formula is C26H34N4O4S2. The Labute approximate surface area is 217 Å². The van der Waals surface area contributed by atoms with Crippen molar-refractivity contribution in [3.05, 3.63) is 47.5 Å². The summed E-state index contributed by atoms with van der Waals surface area (Å²) in [5.74, 6) is 0.790. The SMILES string of the molecule is COc1ccc(C)c2sc(N(CCN(C)C)C(=O)c3ccc(S(=O)(=O)N4CCCC(C)C4)cc3)nc12. The molecule has 1 unspecified atom stereocenters. The lowest BCUT2D eigenvalue weighted by atomic mass is 10.0. The van der Waals surface area contributed by atoms with E-state index in [1.807, 2.05) is 38.1 Å². The van der Waals surface area contributed by atoms with E-state index in [4.69, 9.17) is 9.72 Å². The van der Waals surface area contributed by atoms with Crippen molar-refractivity contribution in [2.75, 3.05) is 52.3 Å². The molecule has 1 amide bonds. The maximum Gasteiger partial charge on any atom is 0.260 e. The fourth-order valence-corrected chi connectivity index (χ4v) is 7.08. The Morgan fingerprint density at radius 1 is 1.17 bits per heavy atom. The van der Waals surface area contributed by atoms with Crippen molar-refractivity contribution in [1.29, 1.82) is 0 Å². The van der Waals surface area contributed by atoms with Crippen molar-refractivity contribution < 1.29 is 17.9 Å². The Hall–Kier alpha value is -2.53. The summed E-state index contributed by atoms with van der Waals surface area (Å²) in [7, 11) is 1.93. The van der Waals surface area contributed by atoms with Crippen LogP contribution in [-0.4, -0.2) is 75.9 Å². The van der Waals surface area contributed by atoms with E-state index in [0.29, 0.717) is 48.5 Å². The van der Waals surface area contributed by atoms with Crippen LogP contribution in [0, 0.1) is 12.8 Å². The Morgan fingerprint density at radius 2 is 1.89 bits per heavy atom. The number of carbonyl (C=O) groups is 1. The minimum Gasteiger partial charge on any atom is -0.494 e. The van der Waals surface area contributed by atoms with Crippen LogP contribution in [0.25, 0.3) is 10.2 Å². The monoisotopic (exact) mass is 530 g/mol. The molecule has 0 bridgehead atoms. The quantitative estimate of drug-likeness (QED) is 0.433. The predicted octanol–water partition coefficient (Wildman–Crippen LogP) is 4.24. The summed E-state index contributed by atoms with van der Waals surface area (Å²) < 4.78 is 34.3. The van der Waals surface area contributed by atoms with Gasteiger partial charge in [-0.15, -0.1) is 0 Å². The first-order chi connectivity index (χ1) is 17.1. The van der Waals surface area contributed by atoms with Crippen LogP contribution in [-0.2, 0) is 10.0 Å². The average Bonchev–Trinajstić information content (AvgIpc) is 3.30. The third-order valence-corrected chi connectivity index (χ3v) is 9.61. The molecule has 0 saturated carbocycles. The first-order valence-corrected chi connectivity index (χ1v) is 14.4. The van der Waals surface area contributed by atoms with Crippen LogP contribution in [0.4, 0.5) is 5.13 Å². The van der Waals surface area contributed by atoms with Gasteiger partial charge in [0.1, 0.15) is 11.3 Å². The molecule has 2 aromatic carbocycles. The maximum absolute atomic E-state index is 13.7. The summed E-state index contributed by atoms with van der Waals surface area (Å²) in [6, 6.07) is 10.1. The van der Waals surface area contributed by atoms with Crippen LogP contribution in [0.2, 0.25) is 0 Å². The van der Waals surface area contributed by atoms with E-state index in [0.717, 1.165) is 28.6 Å². The number of rotatable bonds is 8. The molecule has 1 saturated heterocycles. The number of methoxy groups -OCH3 is 1. The molecule has 0 radical (unpaired) electrons. The molecule has 1 aromatic heterocycles. The van der Waals surface area contributed by atoms with Crippen molar-refractivity contribution in [2.24, 2.45) is 5.92 Å². The minimum atomic E-state index is -3.58. The number of benzene rings is 2. The van der Waals surface area contributed by atoms with Crippen molar-refractivity contribution in [3.8, 4) is 5.75 Å². The Balaban J connectivity index is 1.65. The van der Waals surface area contributed by atoms with Gasteiger partial charge in [0.2, 0.25) is 10.0 Å². The van der Waals surface area contributed by atoms with Gasteiger partial charge in [-0.1, -0.05) is 24.3 Å². The highest BCUT2D eigenvalue weighted by molar-refractivity contribution is 7.89. The summed E-state index contributed by atoms with van der Waals surface area (Å²) in [5, 5.41) is 0.587. The van der Waals surface area contributed by atoms with Gasteiger partial charge in [0, 0.05) is 31.7 Å². The third-order valence-electron chi connectivity index (χ3n) is 6.52. The van der Waals surface area contributed by atoms with Crippen LogP contribution < -0.4 is 9.64 Å². The number of thiazole rings is 1. The molecule has 4 rings (SSSR count). The van der Waals surface area contributed by atoms with Gasteiger partial charge in [-0.05, 0) is 75.7 Å². The second kappa shape index (κ2) is 10.8. The molecule has 2 heterocycles. The molecule has 0 aliphatic carbocycles. The van der Waals surface area contributed by atoms with E-state index in [9.17, 15) is 13.2 Å². The highest BCUT2D eigenvalue weighted by atomic mass is 32.2. The largest absolute Gasteiger partial charge is 0.494 e. The van der Waals surface area contributed by atoms with Gasteiger partial charge < -0.3 is 9.64 Å². The number of aromatic nitrogens is 1. The molecule has 36 heavy (non-hydrogen) atoms. The number of aryl methyl sites for hydroxylation is 1. The smallest absolute Gasteiger partial charge is 0.260 e. The lowest BCUT2D eigenvalue weighted by Gasteiger charge is -2.30. The van der Waals surface area contributed by atoms with Gasteiger partial charge in [-0.2, -0.15) is 4.31 Å². The van der Waals surface area contributed by atoms with Gasteiger partial charge in [0.05, 0.1) is 16.7 Å². The number of likely N-dealkylation sites (N-methyl/N-ethyl adjacent to an activating group) is 1. The number of carbonyl (C=O) groups excluding carboxylic acids is 1. The normalized spacial score (nSPS) is 17.0. The van der Waals surface area contributed by atoms with E-state index in [1.54, 1.807) is 28.4 Å². The molecule has 1 aliphatic heterocycles. The second-order valence-corrected chi connectivity index (χ2v) is 12.6. The van der Waals surface area contributed by atoms with Gasteiger partial charge in [-0.3, -0.25) is 9.69 Å². The van der Waals surface area contributed by atoms with Crippen LogP contribution in [0.3, 0.4) is 0 Å². The van der Waals surface area contributed by atoms with E-state index in [-0.39, 0.29) is 10.8 Å². The molecule has 1 atom stereocenters. The van der Waals surface area contributed by atoms with Gasteiger partial charge in [0.25, 0.3) is 5.91 Å². The molecule has 0 spiro atoms. The van der Waals surface area contributed by atoms with Crippen LogP contribution >= 0.6 is 11.3 Å². The maximum atomic E-state index is 13.7. The average molecular weight is 531 g/mol. The van der Waals surface area contributed by atoms with Gasteiger partial charge in [-0.25, -0.2) is 13.4 Å². The molecule has 3 aromatic rings. The van der Waals surface area contributed by atoms with Gasteiger partial charge >= 0.3 is 0 Å². The van der Waals surface area contributed by atoms with E-state index >= 15 is 0 Å². The summed E-state index contributed by atoms with van der Waals surface area (Å²) in [4.78, 5) is 22.3. The van der Waals surface area contributed by atoms with Crippen molar-refractivity contribution in [3.63, 3.8) is 0 Å². The number of fused-ring (bicyclic) bond motifs is 1.